The maximum Gasteiger partial charge on any atom is 0.237 e. The number of benzene rings is 2. The van der Waals surface area contributed by atoms with Crippen LogP contribution in [0.4, 0.5) is 0 Å². The Kier molecular flexibility index (Phi) is 9.76. The molecule has 0 radical (unpaired) electrons. The van der Waals surface area contributed by atoms with Crippen LogP contribution in [-0.4, -0.2) is 77.7 Å². The van der Waals surface area contributed by atoms with E-state index in [2.05, 4.69) is 40.5 Å². The van der Waals surface area contributed by atoms with E-state index in [1.165, 1.54) is 0 Å². The Hall–Kier alpha value is -4.15. The van der Waals surface area contributed by atoms with Gasteiger partial charge in [0.15, 0.2) is 0 Å². The summed E-state index contributed by atoms with van der Waals surface area (Å²) in [7, 11) is 3.27. The largest absolute Gasteiger partial charge is 0.481 e. The van der Waals surface area contributed by atoms with Crippen molar-refractivity contribution in [2.24, 2.45) is 5.41 Å². The molecule has 2 N–H and O–H groups in total. The molecule has 9 nitrogen and oxygen atoms in total. The molecule has 3 fully saturated rings. The number of ether oxygens (including phenoxy) is 2. The summed E-state index contributed by atoms with van der Waals surface area (Å²) in [6.45, 7) is 16.6. The van der Waals surface area contributed by atoms with Gasteiger partial charge < -0.3 is 25.0 Å². The summed E-state index contributed by atoms with van der Waals surface area (Å²) < 4.78 is 11.4. The number of pyridine rings is 1. The zero-order valence-corrected chi connectivity index (χ0v) is 30.4. The number of allylic oxidation sites excluding steroid dienone is 2. The number of nitrogens with zero attached hydrogens (tertiary/aromatic N) is 5. The highest BCUT2D eigenvalue weighted by molar-refractivity contribution is 6.39. The van der Waals surface area contributed by atoms with Crippen LogP contribution in [-0.2, 0) is 13.1 Å². The lowest BCUT2D eigenvalue weighted by Gasteiger charge is -2.61. The average molecular weight is 713 g/mol. The number of halogens is 2. The molecule has 0 bridgehead atoms. The highest BCUT2D eigenvalue weighted by atomic mass is 35.5. The number of rotatable bonds is 12. The Bertz CT molecular complexity index is 1940. The van der Waals surface area contributed by atoms with Gasteiger partial charge in [0.2, 0.25) is 11.8 Å². The van der Waals surface area contributed by atoms with Crippen molar-refractivity contribution in [3.8, 4) is 45.4 Å². The fourth-order valence-corrected chi connectivity index (χ4v) is 8.03. The van der Waals surface area contributed by atoms with Crippen molar-refractivity contribution in [3.05, 3.63) is 101 Å². The zero-order chi connectivity index (χ0) is 35.0. The summed E-state index contributed by atoms with van der Waals surface area (Å²) in [4.78, 5) is 19.2. The van der Waals surface area contributed by atoms with Crippen molar-refractivity contribution in [1.82, 2.24) is 35.4 Å². The third-order valence-electron chi connectivity index (χ3n) is 9.97. The second kappa shape index (κ2) is 14.2. The van der Waals surface area contributed by atoms with Crippen molar-refractivity contribution in [3.63, 3.8) is 0 Å². The number of aromatic nitrogens is 3. The molecule has 4 aromatic rings. The molecule has 2 aromatic carbocycles. The maximum atomic E-state index is 7.12. The zero-order valence-electron chi connectivity index (χ0n) is 28.9. The second-order valence-electron chi connectivity index (χ2n) is 13.8. The molecule has 0 unspecified atom stereocenters. The molecule has 3 aliphatic rings. The minimum absolute atomic E-state index is 0.373. The van der Waals surface area contributed by atoms with Crippen LogP contribution in [0.5, 0.6) is 11.8 Å². The molecule has 3 aliphatic heterocycles. The third-order valence-corrected chi connectivity index (χ3v) is 10.8. The van der Waals surface area contributed by atoms with E-state index >= 15 is 0 Å². The van der Waals surface area contributed by atoms with E-state index in [0.29, 0.717) is 57.7 Å². The first-order valence-electron chi connectivity index (χ1n) is 17.0. The Morgan fingerprint density at radius 2 is 1.56 bits per heavy atom. The van der Waals surface area contributed by atoms with Crippen LogP contribution in [0.1, 0.15) is 31.0 Å². The highest BCUT2D eigenvalue weighted by Gasteiger charge is 2.51. The van der Waals surface area contributed by atoms with Gasteiger partial charge in [-0.25, -0.2) is 9.97 Å². The fraction of sp³-hybridized carbons (Fsp3) is 0.359. The van der Waals surface area contributed by atoms with Gasteiger partial charge >= 0.3 is 0 Å². The molecule has 11 heteroatoms. The standard InChI is InChI=1S/C39H43Cl2N7O2/c1-24(2)48-22-39(23-48)20-47(21-39)19-34-38(50-5)46-33(18-43-34)31-11-7-9-29(36(31)41)28-8-6-10-30(35(28)40)32-15-13-26(37(45-32)49-4)16-42-17-27-14-12-25(3)44-27/h6-11,13,15,18,27,42,44H,1,3,12,14,16-17,19-23H2,2,4-5H3/t27-/m0/s1. The van der Waals surface area contributed by atoms with Crippen molar-refractivity contribution in [1.29, 1.82) is 0 Å². The van der Waals surface area contributed by atoms with E-state index in [0.717, 1.165) is 90.5 Å². The van der Waals surface area contributed by atoms with E-state index in [9.17, 15) is 0 Å². The van der Waals surface area contributed by atoms with Gasteiger partial charge in [-0.05, 0) is 25.8 Å². The van der Waals surface area contributed by atoms with E-state index < -0.39 is 0 Å². The Balaban J connectivity index is 1.08. The molecule has 0 aliphatic carbocycles. The van der Waals surface area contributed by atoms with Crippen molar-refractivity contribution in [2.75, 3.05) is 46.9 Å². The van der Waals surface area contributed by atoms with E-state index in [1.54, 1.807) is 20.4 Å². The maximum absolute atomic E-state index is 7.12. The Morgan fingerprint density at radius 3 is 2.18 bits per heavy atom. The second-order valence-corrected chi connectivity index (χ2v) is 14.5. The van der Waals surface area contributed by atoms with E-state index in [1.807, 2.05) is 48.5 Å². The molecule has 50 heavy (non-hydrogen) atoms. The van der Waals surface area contributed by atoms with Gasteiger partial charge in [0, 0.05) is 96.5 Å². The monoisotopic (exact) mass is 711 g/mol. The number of hydrogen-bond acceptors (Lipinski definition) is 9. The van der Waals surface area contributed by atoms with Crippen LogP contribution in [0, 0.1) is 5.41 Å². The van der Waals surface area contributed by atoms with Crippen molar-refractivity contribution in [2.45, 2.75) is 38.9 Å². The summed E-state index contributed by atoms with van der Waals surface area (Å²) in [5.74, 6) is 1.06. The first-order chi connectivity index (χ1) is 24.2. The highest BCUT2D eigenvalue weighted by Crippen LogP contribution is 2.44. The lowest BCUT2D eigenvalue weighted by Crippen LogP contribution is -2.71. The fourth-order valence-electron chi connectivity index (χ4n) is 7.38. The summed E-state index contributed by atoms with van der Waals surface area (Å²) in [5.41, 5.74) is 8.84. The van der Waals surface area contributed by atoms with E-state index in [4.69, 9.17) is 47.6 Å². The number of nitrogens with one attached hydrogen (secondary N) is 2. The summed E-state index contributed by atoms with van der Waals surface area (Å²) in [6, 6.07) is 16.1. The van der Waals surface area contributed by atoms with Crippen molar-refractivity contribution >= 4 is 23.2 Å². The van der Waals surface area contributed by atoms with Crippen LogP contribution in [0.3, 0.4) is 0 Å². The van der Waals surface area contributed by atoms with Gasteiger partial charge in [-0.3, -0.25) is 9.88 Å². The van der Waals surface area contributed by atoms with Crippen LogP contribution in [0.25, 0.3) is 33.6 Å². The minimum atomic E-state index is 0.373. The van der Waals surface area contributed by atoms with Gasteiger partial charge in [0.25, 0.3) is 0 Å². The molecule has 2 aromatic heterocycles. The molecule has 0 saturated carbocycles. The van der Waals surface area contributed by atoms with Gasteiger partial charge in [-0.2, -0.15) is 0 Å². The lowest BCUT2D eigenvalue weighted by molar-refractivity contribution is -0.104. The molecule has 1 atom stereocenters. The predicted molar refractivity (Wildman–Crippen MR) is 200 cm³/mol. The molecule has 3 saturated heterocycles. The predicted octanol–water partition coefficient (Wildman–Crippen LogP) is 7.20. The summed E-state index contributed by atoms with van der Waals surface area (Å²) in [6.07, 6.45) is 3.88. The normalized spacial score (nSPS) is 18.1. The van der Waals surface area contributed by atoms with E-state index in [-0.39, 0.29) is 0 Å². The SMILES string of the molecule is C=C1CC[C@@H](CNCc2ccc(-c3cccc(-c4cccc(-c5cnc(CN6CC7(C6)CN(C(=C)C)C7)c(OC)n5)c4Cl)c3Cl)nc2OC)N1. The Morgan fingerprint density at radius 1 is 0.920 bits per heavy atom. The quantitative estimate of drug-likeness (QED) is 0.158. The third kappa shape index (κ3) is 6.80. The summed E-state index contributed by atoms with van der Waals surface area (Å²) >= 11 is 14.2. The average Bonchev–Trinajstić information content (AvgIpc) is 3.50. The number of likely N-dealkylation sites (tertiary alicyclic amines) is 2. The lowest BCUT2D eigenvalue weighted by atomic mass is 9.72. The van der Waals surface area contributed by atoms with Crippen LogP contribution in [0.2, 0.25) is 10.0 Å². The van der Waals surface area contributed by atoms with Gasteiger partial charge in [-0.1, -0.05) is 78.8 Å². The topological polar surface area (TPSA) is 87.7 Å². The molecular formula is C39H43Cl2N7O2. The Labute approximate surface area is 304 Å². The molecule has 5 heterocycles. The summed E-state index contributed by atoms with van der Waals surface area (Å²) in [5, 5.41) is 8.01. The van der Waals surface area contributed by atoms with Gasteiger partial charge in [0.1, 0.15) is 5.69 Å². The molecule has 7 rings (SSSR count). The number of hydrogen-bond donors (Lipinski definition) is 2. The molecule has 0 amide bonds. The molecule has 1 spiro atoms. The van der Waals surface area contributed by atoms with Crippen molar-refractivity contribution < 1.29 is 9.47 Å². The van der Waals surface area contributed by atoms with Crippen LogP contribution < -0.4 is 20.1 Å². The van der Waals surface area contributed by atoms with Crippen LogP contribution in [0.15, 0.2) is 79.3 Å². The van der Waals surface area contributed by atoms with Gasteiger partial charge in [-0.15, -0.1) is 0 Å². The first kappa shape index (κ1) is 34.3. The minimum Gasteiger partial charge on any atom is -0.481 e. The molecular weight excluding hydrogens is 669 g/mol. The first-order valence-corrected chi connectivity index (χ1v) is 17.7. The van der Waals surface area contributed by atoms with Crippen LogP contribution >= 0.6 is 23.2 Å². The number of methoxy groups -OCH3 is 2. The molecule has 260 valence electrons. The van der Waals surface area contributed by atoms with Gasteiger partial charge in [0.05, 0.1) is 41.8 Å². The smallest absolute Gasteiger partial charge is 0.237 e.